The monoisotopic (exact) mass is 1190 g/mol. The first kappa shape index (κ1) is 54.4. The van der Waals surface area contributed by atoms with Crippen molar-refractivity contribution >= 4 is 123 Å². The third-order valence-electron chi connectivity index (χ3n) is 15.1. The molecule has 3 aromatic heterocycles. The van der Waals surface area contributed by atoms with E-state index in [4.69, 9.17) is 18.9 Å². The molecular weight excluding hydrogens is 1160 g/mol. The minimum atomic E-state index is -2.99. The van der Waals surface area contributed by atoms with Crippen LogP contribution in [0.3, 0.4) is 0 Å². The highest BCUT2D eigenvalue weighted by Crippen LogP contribution is 2.67. The second-order valence-corrected chi connectivity index (χ2v) is 23.3. The lowest BCUT2D eigenvalue weighted by Gasteiger charge is -2.30. The quantitative estimate of drug-likeness (QED) is 0.0252. The molecule has 0 atom stereocenters. The van der Waals surface area contributed by atoms with Crippen LogP contribution in [0.5, 0.6) is 0 Å². The van der Waals surface area contributed by atoms with E-state index in [-0.39, 0.29) is 37.4 Å². The van der Waals surface area contributed by atoms with Crippen LogP contribution >= 0.6 is 34.0 Å². The van der Waals surface area contributed by atoms with Gasteiger partial charge in [0.2, 0.25) is 34.0 Å². The second-order valence-electron chi connectivity index (χ2n) is 20.1. The summed E-state index contributed by atoms with van der Waals surface area (Å²) in [5.74, 6) is -14.9. The van der Waals surface area contributed by atoms with E-state index in [2.05, 4.69) is 0 Å². The number of allylic oxidation sites excluding steroid dienone is 4. The van der Waals surface area contributed by atoms with Gasteiger partial charge in [0.05, 0.1) is 19.7 Å². The molecule has 85 heavy (non-hydrogen) atoms. The van der Waals surface area contributed by atoms with Gasteiger partial charge in [0, 0.05) is 65.6 Å². The van der Waals surface area contributed by atoms with Crippen molar-refractivity contribution in [3.8, 4) is 0 Å². The molecule has 4 aliphatic rings. The molecule has 0 bridgehead atoms. The minimum absolute atomic E-state index is 0.0447. The maximum Gasteiger partial charge on any atom is 0.333 e. The number of ketones is 4. The first-order valence-corrected chi connectivity index (χ1v) is 28.5. The molecule has 0 N–H and O–H groups in total. The molecular formula is C66H36F4O12S3. The molecule has 19 heteroatoms. The zero-order chi connectivity index (χ0) is 59.1. The Morgan fingerprint density at radius 1 is 0.447 bits per heavy atom. The third-order valence-corrected chi connectivity index (χ3v) is 19.0. The van der Waals surface area contributed by atoms with Gasteiger partial charge in [-0.3, -0.25) is 38.4 Å². The molecule has 0 aliphatic heterocycles. The van der Waals surface area contributed by atoms with Crippen LogP contribution in [0.25, 0.3) is 41.6 Å². The molecule has 9 aromatic rings. The van der Waals surface area contributed by atoms with Crippen molar-refractivity contribution in [1.29, 1.82) is 0 Å². The van der Waals surface area contributed by atoms with Crippen LogP contribution in [0.15, 0.2) is 175 Å². The van der Waals surface area contributed by atoms with E-state index in [1.165, 1.54) is 6.08 Å². The molecule has 0 unspecified atom stereocenters. The Morgan fingerprint density at radius 2 is 0.906 bits per heavy atom. The van der Waals surface area contributed by atoms with Crippen LogP contribution in [-0.4, -0.2) is 47.0 Å². The molecule has 0 radical (unpaired) electrons. The first-order valence-electron chi connectivity index (χ1n) is 26.0. The van der Waals surface area contributed by atoms with Crippen molar-refractivity contribution in [3.05, 3.63) is 258 Å². The fourth-order valence-electron chi connectivity index (χ4n) is 11.2. The highest BCUT2D eigenvalue weighted by molar-refractivity contribution is 7.39. The summed E-state index contributed by atoms with van der Waals surface area (Å²) in [6, 6.07) is 37.8. The van der Waals surface area contributed by atoms with Crippen molar-refractivity contribution in [2.24, 2.45) is 5.41 Å². The molecule has 0 spiro atoms. The molecule has 4 aliphatic carbocycles. The minimum Gasteiger partial charge on any atom is -0.459 e. The number of Topliss-reactive ketones (excluding diaryl/α,β-unsaturated/α-hetero) is 4. The van der Waals surface area contributed by atoms with Gasteiger partial charge in [-0.15, -0.1) is 34.0 Å². The predicted molar refractivity (Wildman–Crippen MR) is 306 cm³/mol. The number of hydrogen-bond donors (Lipinski definition) is 0. The summed E-state index contributed by atoms with van der Waals surface area (Å²) >= 11 is 3.06. The number of thiophene rings is 3. The van der Waals surface area contributed by atoms with Crippen molar-refractivity contribution < 1.29 is 74.9 Å². The van der Waals surface area contributed by atoms with Crippen molar-refractivity contribution in [3.63, 3.8) is 0 Å². The van der Waals surface area contributed by atoms with Gasteiger partial charge < -0.3 is 18.9 Å². The van der Waals surface area contributed by atoms with E-state index in [1.54, 1.807) is 127 Å². The Bertz CT molecular complexity index is 4460. The van der Waals surface area contributed by atoms with Gasteiger partial charge in [0.1, 0.15) is 49.7 Å². The molecule has 0 saturated carbocycles. The maximum atomic E-state index is 16.2. The van der Waals surface area contributed by atoms with Crippen molar-refractivity contribution in [2.75, 3.05) is 0 Å². The summed E-state index contributed by atoms with van der Waals surface area (Å²) in [6.45, 7) is -1.84. The zero-order valence-corrected chi connectivity index (χ0v) is 46.1. The van der Waals surface area contributed by atoms with Crippen LogP contribution in [0.1, 0.15) is 69.4 Å². The average Bonchev–Trinajstić information content (AvgIpc) is 1.50. The molecule has 12 nitrogen and oxygen atoms in total. The number of esters is 4. The standard InChI is InChI=1S/C66H36F4O12S3/c67-38-23-41-42(53(71)56(74)50(41)47(70)26-38)27-40-28-48-57(83-40)60-59(84-48)52-58(85-60)51-45(66(52,63(77)81-31-35-17-9-3-10-18-35)64(78)82-32-36-19-11-4-12-20-36)22-37(21-43-49-44(55(73)54(43)72)24-39(68)25-46(49)69)65(51,61(75)79-29-33-13-5-1-6-14-33)62(76)80-30-34-15-7-2-8-16-34/h1-28H,29-32H2/b42-27-,43-21-. The third kappa shape index (κ3) is 8.75. The van der Waals surface area contributed by atoms with E-state index in [1.807, 2.05) is 0 Å². The molecule has 0 fully saturated rings. The SMILES string of the molecule is O=C1C(=O)c2c(F)cc(F)cc2/C1=C/c1cc2sc3c4c(sc3c2s1)C1=C(C=C(/C=C2\C(=O)C(=O)c3cc(F)cc(F)c32)C1(C(=O)OCc1ccccc1)C(=O)OCc1ccccc1)C4(C(=O)OCc1ccccc1)C(=O)OCc1ccccc1. The Kier molecular flexibility index (Phi) is 13.5. The summed E-state index contributed by atoms with van der Waals surface area (Å²) in [7, 11) is 0. The van der Waals surface area contributed by atoms with Gasteiger partial charge >= 0.3 is 23.9 Å². The number of benzene rings is 6. The lowest BCUT2D eigenvalue weighted by atomic mass is 9.75. The summed E-state index contributed by atoms with van der Waals surface area (Å²) < 4.78 is 87.1. The molecule has 0 amide bonds. The lowest BCUT2D eigenvalue weighted by molar-refractivity contribution is -0.167. The summed E-state index contributed by atoms with van der Waals surface area (Å²) in [4.78, 5) is 119. The summed E-state index contributed by atoms with van der Waals surface area (Å²) in [5, 5.41) is 0. The van der Waals surface area contributed by atoms with Crippen LogP contribution in [0.2, 0.25) is 0 Å². The summed E-state index contributed by atoms with van der Waals surface area (Å²) in [6.07, 6.45) is 3.37. The van der Waals surface area contributed by atoms with Gasteiger partial charge in [-0.2, -0.15) is 0 Å². The molecule has 6 aromatic carbocycles. The van der Waals surface area contributed by atoms with Crippen LogP contribution in [0, 0.1) is 28.7 Å². The number of fused-ring (bicyclic) bond motifs is 8. The van der Waals surface area contributed by atoms with E-state index < -0.39 is 135 Å². The second kappa shape index (κ2) is 21.1. The lowest BCUT2D eigenvalue weighted by Crippen LogP contribution is -2.46. The smallest absolute Gasteiger partial charge is 0.333 e. The maximum absolute atomic E-state index is 16.2. The van der Waals surface area contributed by atoms with Crippen LogP contribution in [-0.2, 0) is 79.6 Å². The fourth-order valence-corrected chi connectivity index (χ4v) is 15.7. The Morgan fingerprint density at radius 3 is 1.41 bits per heavy atom. The highest BCUT2D eigenvalue weighted by Gasteiger charge is 2.70. The molecule has 3 heterocycles. The topological polar surface area (TPSA) is 173 Å². The largest absolute Gasteiger partial charge is 0.459 e. The van der Waals surface area contributed by atoms with Gasteiger partial charge in [0.25, 0.3) is 0 Å². The van der Waals surface area contributed by atoms with Gasteiger partial charge in [-0.25, -0.2) is 17.6 Å². The Labute approximate surface area is 490 Å². The van der Waals surface area contributed by atoms with E-state index in [9.17, 15) is 28.0 Å². The normalized spacial score (nSPS) is 16.3. The number of hydrogen-bond acceptors (Lipinski definition) is 15. The van der Waals surface area contributed by atoms with E-state index >= 15 is 28.0 Å². The van der Waals surface area contributed by atoms with Gasteiger partial charge in [0.15, 0.2) is 0 Å². The Balaban J connectivity index is 1.09. The average molecular weight is 1190 g/mol. The van der Waals surface area contributed by atoms with Gasteiger partial charge in [-0.1, -0.05) is 127 Å². The van der Waals surface area contributed by atoms with Crippen LogP contribution in [0.4, 0.5) is 17.6 Å². The van der Waals surface area contributed by atoms with Gasteiger partial charge in [-0.05, 0) is 63.8 Å². The van der Waals surface area contributed by atoms with Crippen molar-refractivity contribution in [1.82, 2.24) is 0 Å². The number of ether oxygens (including phenoxy) is 4. The molecule has 418 valence electrons. The fraction of sp³-hybridized carbons (Fsp3) is 0.0909. The zero-order valence-electron chi connectivity index (χ0n) is 43.6. The van der Waals surface area contributed by atoms with Crippen LogP contribution < -0.4 is 0 Å². The molecule has 0 saturated heterocycles. The number of carbonyl (C=O) groups is 8. The first-order chi connectivity index (χ1) is 41.1. The number of carbonyl (C=O) groups excluding carboxylic acids is 8. The predicted octanol–water partition coefficient (Wildman–Crippen LogP) is 12.8. The van der Waals surface area contributed by atoms with Crippen molar-refractivity contribution in [2.45, 2.75) is 31.8 Å². The van der Waals surface area contributed by atoms with E-state index in [0.717, 1.165) is 52.2 Å². The number of halogens is 4. The summed E-state index contributed by atoms with van der Waals surface area (Å²) in [5.41, 5.74) is -8.39. The number of rotatable bonds is 14. The Hall–Kier alpha value is -9.82. The molecule has 13 rings (SSSR count). The highest BCUT2D eigenvalue weighted by atomic mass is 32.1. The van der Waals surface area contributed by atoms with E-state index in [0.29, 0.717) is 59.4 Å².